The molecule has 144 valence electrons. The molecule has 0 bridgehead atoms. The molecule has 4 nitrogen and oxygen atoms in total. The zero-order valence-electron chi connectivity index (χ0n) is 16.6. The molecule has 4 heteroatoms. The van der Waals surface area contributed by atoms with E-state index in [-0.39, 0.29) is 11.3 Å². The summed E-state index contributed by atoms with van der Waals surface area (Å²) < 4.78 is 5.96. The maximum absolute atomic E-state index is 12.8. The molecule has 29 heavy (non-hydrogen) atoms. The van der Waals surface area contributed by atoms with Gasteiger partial charge in [0.05, 0.1) is 10.8 Å². The zero-order valence-corrected chi connectivity index (χ0v) is 16.6. The second-order valence-electron chi connectivity index (χ2n) is 7.31. The first kappa shape index (κ1) is 18.7. The molecule has 0 saturated carbocycles. The zero-order chi connectivity index (χ0) is 20.5. The Hall–Kier alpha value is -3.66. The Balaban J connectivity index is 1.63. The van der Waals surface area contributed by atoms with Crippen LogP contribution in [0.25, 0.3) is 28.0 Å². The van der Waals surface area contributed by atoms with E-state index in [2.05, 4.69) is 5.32 Å². The van der Waals surface area contributed by atoms with Crippen LogP contribution in [-0.4, -0.2) is 5.91 Å². The summed E-state index contributed by atoms with van der Waals surface area (Å²) in [6, 6.07) is 16.7. The van der Waals surface area contributed by atoms with Gasteiger partial charge >= 0.3 is 0 Å². The first-order chi connectivity index (χ1) is 13.9. The molecular formula is C25H21NO3. The van der Waals surface area contributed by atoms with Crippen LogP contribution in [0.1, 0.15) is 22.3 Å². The summed E-state index contributed by atoms with van der Waals surface area (Å²) in [6.07, 6.45) is 3.24. The Bertz CT molecular complexity index is 1330. The SMILES string of the molecule is Cc1ccc(/C=C/C(=O)Nc2ccc3c(=O)c4cc(C)c(C)cc4oc3c2)cc1. The molecule has 0 saturated heterocycles. The van der Waals surface area contributed by atoms with Crippen molar-refractivity contribution in [2.75, 3.05) is 5.32 Å². The predicted octanol–water partition coefficient (Wildman–Crippen LogP) is 5.52. The van der Waals surface area contributed by atoms with E-state index in [1.54, 1.807) is 24.3 Å². The van der Waals surface area contributed by atoms with E-state index in [0.29, 0.717) is 27.6 Å². The summed E-state index contributed by atoms with van der Waals surface area (Å²) in [6.45, 7) is 5.97. The molecule has 1 N–H and O–H groups in total. The largest absolute Gasteiger partial charge is 0.456 e. The molecule has 1 amide bonds. The number of carbonyl (C=O) groups excluding carboxylic acids is 1. The van der Waals surface area contributed by atoms with Gasteiger partial charge in [-0.05, 0) is 67.8 Å². The fourth-order valence-electron chi connectivity index (χ4n) is 3.22. The number of carbonyl (C=O) groups is 1. The molecule has 1 heterocycles. The van der Waals surface area contributed by atoms with Gasteiger partial charge in [-0.15, -0.1) is 0 Å². The summed E-state index contributed by atoms with van der Waals surface area (Å²) in [7, 11) is 0. The third-order valence-electron chi connectivity index (χ3n) is 5.06. The van der Waals surface area contributed by atoms with Crippen LogP contribution in [0.2, 0.25) is 0 Å². The number of aryl methyl sites for hydroxylation is 3. The van der Waals surface area contributed by atoms with E-state index in [1.807, 2.05) is 57.2 Å². The standard InChI is InChI=1S/C25H21NO3/c1-15-4-6-18(7-5-15)8-11-24(27)26-19-9-10-20-23(14-19)29-22-13-17(3)16(2)12-21(22)25(20)28/h4-14H,1-3H3,(H,26,27)/b11-8+. The van der Waals surface area contributed by atoms with Crippen molar-refractivity contribution in [3.8, 4) is 0 Å². The molecule has 0 spiro atoms. The van der Waals surface area contributed by atoms with Gasteiger partial charge in [-0.1, -0.05) is 29.8 Å². The van der Waals surface area contributed by atoms with Gasteiger partial charge < -0.3 is 9.73 Å². The second-order valence-corrected chi connectivity index (χ2v) is 7.31. The van der Waals surface area contributed by atoms with Gasteiger partial charge in [-0.25, -0.2) is 0 Å². The van der Waals surface area contributed by atoms with Gasteiger partial charge in [0.2, 0.25) is 11.3 Å². The van der Waals surface area contributed by atoms with Crippen LogP contribution < -0.4 is 10.7 Å². The Kier molecular flexibility index (Phi) is 4.77. The van der Waals surface area contributed by atoms with Crippen molar-refractivity contribution >= 4 is 39.6 Å². The summed E-state index contributed by atoms with van der Waals surface area (Å²) in [5.41, 5.74) is 5.73. The van der Waals surface area contributed by atoms with E-state index in [9.17, 15) is 9.59 Å². The second kappa shape index (κ2) is 7.40. The molecule has 0 unspecified atom stereocenters. The molecule has 4 aromatic rings. The fraction of sp³-hybridized carbons (Fsp3) is 0.120. The lowest BCUT2D eigenvalue weighted by Crippen LogP contribution is -2.08. The number of nitrogens with one attached hydrogen (secondary N) is 1. The van der Waals surface area contributed by atoms with Crippen molar-refractivity contribution in [3.05, 3.63) is 93.2 Å². The minimum Gasteiger partial charge on any atom is -0.456 e. The lowest BCUT2D eigenvalue weighted by Gasteiger charge is -2.07. The summed E-state index contributed by atoms with van der Waals surface area (Å²) in [5, 5.41) is 3.88. The van der Waals surface area contributed by atoms with Gasteiger partial charge in [-0.3, -0.25) is 9.59 Å². The van der Waals surface area contributed by atoms with Crippen LogP contribution >= 0.6 is 0 Å². The van der Waals surface area contributed by atoms with Gasteiger partial charge in [0, 0.05) is 17.8 Å². The average Bonchev–Trinajstić information content (AvgIpc) is 2.69. The monoisotopic (exact) mass is 383 g/mol. The van der Waals surface area contributed by atoms with Crippen LogP contribution in [0.5, 0.6) is 0 Å². The third kappa shape index (κ3) is 3.83. The number of anilines is 1. The third-order valence-corrected chi connectivity index (χ3v) is 5.06. The summed E-state index contributed by atoms with van der Waals surface area (Å²) in [5.74, 6) is -0.250. The van der Waals surface area contributed by atoms with E-state index in [1.165, 1.54) is 11.6 Å². The van der Waals surface area contributed by atoms with Crippen LogP contribution in [-0.2, 0) is 4.79 Å². The molecule has 0 fully saturated rings. The minimum absolute atomic E-state index is 0.0681. The number of rotatable bonds is 3. The highest BCUT2D eigenvalue weighted by Crippen LogP contribution is 2.24. The van der Waals surface area contributed by atoms with Crippen LogP contribution in [0, 0.1) is 20.8 Å². The van der Waals surface area contributed by atoms with Gasteiger partial charge in [0.25, 0.3) is 0 Å². The Morgan fingerprint density at radius 3 is 2.31 bits per heavy atom. The molecule has 0 atom stereocenters. The van der Waals surface area contributed by atoms with Crippen molar-refractivity contribution in [3.63, 3.8) is 0 Å². The lowest BCUT2D eigenvalue weighted by molar-refractivity contribution is -0.111. The molecule has 4 rings (SSSR count). The smallest absolute Gasteiger partial charge is 0.248 e. The quantitative estimate of drug-likeness (QED) is 0.374. The lowest BCUT2D eigenvalue weighted by atomic mass is 10.1. The van der Waals surface area contributed by atoms with Crippen molar-refractivity contribution in [1.29, 1.82) is 0 Å². The van der Waals surface area contributed by atoms with Gasteiger partial charge in [-0.2, -0.15) is 0 Å². The van der Waals surface area contributed by atoms with E-state index < -0.39 is 0 Å². The van der Waals surface area contributed by atoms with Crippen molar-refractivity contribution < 1.29 is 9.21 Å². The Morgan fingerprint density at radius 1 is 0.862 bits per heavy atom. The van der Waals surface area contributed by atoms with Crippen LogP contribution in [0.4, 0.5) is 5.69 Å². The number of fused-ring (bicyclic) bond motifs is 2. The normalized spacial score (nSPS) is 11.4. The molecule has 3 aromatic carbocycles. The average molecular weight is 383 g/mol. The fourth-order valence-corrected chi connectivity index (χ4v) is 3.22. The van der Waals surface area contributed by atoms with Crippen LogP contribution in [0.3, 0.4) is 0 Å². The Labute approximate surface area is 168 Å². The van der Waals surface area contributed by atoms with E-state index >= 15 is 0 Å². The number of hydrogen-bond acceptors (Lipinski definition) is 3. The van der Waals surface area contributed by atoms with E-state index in [4.69, 9.17) is 4.42 Å². The highest BCUT2D eigenvalue weighted by molar-refractivity contribution is 6.03. The van der Waals surface area contributed by atoms with Crippen molar-refractivity contribution in [1.82, 2.24) is 0 Å². The number of benzene rings is 3. The first-order valence-electron chi connectivity index (χ1n) is 9.44. The molecule has 1 aromatic heterocycles. The first-order valence-corrected chi connectivity index (χ1v) is 9.44. The molecule has 0 aliphatic rings. The number of amides is 1. The topological polar surface area (TPSA) is 59.3 Å². The van der Waals surface area contributed by atoms with Crippen molar-refractivity contribution in [2.45, 2.75) is 20.8 Å². The number of hydrogen-bond donors (Lipinski definition) is 1. The van der Waals surface area contributed by atoms with Crippen molar-refractivity contribution in [2.24, 2.45) is 0 Å². The molecule has 0 radical (unpaired) electrons. The maximum Gasteiger partial charge on any atom is 0.248 e. The molecule has 0 aliphatic heterocycles. The van der Waals surface area contributed by atoms with Gasteiger partial charge in [0.1, 0.15) is 11.2 Å². The summed E-state index contributed by atoms with van der Waals surface area (Å²) in [4.78, 5) is 25.1. The molecule has 0 aliphatic carbocycles. The Morgan fingerprint density at radius 2 is 1.55 bits per heavy atom. The highest BCUT2D eigenvalue weighted by Gasteiger charge is 2.10. The molecular weight excluding hydrogens is 362 g/mol. The highest BCUT2D eigenvalue weighted by atomic mass is 16.3. The van der Waals surface area contributed by atoms with Gasteiger partial charge in [0.15, 0.2) is 0 Å². The van der Waals surface area contributed by atoms with Crippen LogP contribution in [0.15, 0.2) is 69.9 Å². The maximum atomic E-state index is 12.8. The predicted molar refractivity (Wildman–Crippen MR) is 118 cm³/mol. The minimum atomic E-state index is -0.250. The summed E-state index contributed by atoms with van der Waals surface area (Å²) >= 11 is 0. The van der Waals surface area contributed by atoms with E-state index in [0.717, 1.165) is 16.7 Å².